The third-order valence-corrected chi connectivity index (χ3v) is 9.47. The topological polar surface area (TPSA) is 0 Å². The van der Waals surface area contributed by atoms with E-state index in [1.165, 1.54) is 72.3 Å². The molecule has 0 bridgehead atoms. The van der Waals surface area contributed by atoms with Gasteiger partial charge in [-0.2, -0.15) is 0 Å². The van der Waals surface area contributed by atoms with Crippen LogP contribution >= 0.6 is 0 Å². The van der Waals surface area contributed by atoms with Crippen LogP contribution in [0.15, 0.2) is 164 Å². The van der Waals surface area contributed by atoms with E-state index in [9.17, 15) is 0 Å². The molecule has 0 aromatic heterocycles. The molecule has 0 amide bonds. The highest BCUT2D eigenvalue weighted by Crippen LogP contribution is 2.57. The van der Waals surface area contributed by atoms with Crippen LogP contribution in [0, 0.1) is 6.92 Å². The van der Waals surface area contributed by atoms with E-state index in [1.807, 2.05) is 0 Å². The molecule has 6 aromatic carbocycles. The molecule has 0 nitrogen and oxygen atoms in total. The number of allylic oxidation sites excluding steroid dienone is 4. The fourth-order valence-corrected chi connectivity index (χ4v) is 7.32. The van der Waals surface area contributed by atoms with Crippen molar-refractivity contribution in [3.05, 3.63) is 197 Å². The second kappa shape index (κ2) is 10.8. The van der Waals surface area contributed by atoms with Crippen molar-refractivity contribution in [2.45, 2.75) is 25.2 Å². The van der Waals surface area contributed by atoms with Gasteiger partial charge in [-0.15, -0.1) is 0 Å². The molecule has 8 rings (SSSR count). The molecule has 0 saturated carbocycles. The minimum Gasteiger partial charge on any atom is -0.0836 e. The van der Waals surface area contributed by atoms with Gasteiger partial charge in [0.25, 0.3) is 0 Å². The number of aryl methyl sites for hydroxylation is 1. The Morgan fingerprint density at radius 3 is 1.59 bits per heavy atom. The fourth-order valence-electron chi connectivity index (χ4n) is 7.32. The zero-order chi connectivity index (χ0) is 29.5. The normalized spacial score (nSPS) is 16.7. The number of hydrogen-bond donors (Lipinski definition) is 0. The molecule has 0 heteroatoms. The molecular weight excluding hydrogens is 528 g/mol. The first-order valence-corrected chi connectivity index (χ1v) is 15.7. The van der Waals surface area contributed by atoms with Gasteiger partial charge in [0.2, 0.25) is 0 Å². The molecule has 1 unspecified atom stereocenters. The zero-order valence-electron chi connectivity index (χ0n) is 25.0. The van der Waals surface area contributed by atoms with Crippen molar-refractivity contribution in [1.82, 2.24) is 0 Å². The van der Waals surface area contributed by atoms with Crippen molar-refractivity contribution in [2.75, 3.05) is 0 Å². The van der Waals surface area contributed by atoms with E-state index in [2.05, 4.69) is 171 Å². The summed E-state index contributed by atoms with van der Waals surface area (Å²) < 4.78 is 0. The maximum atomic E-state index is 2.45. The van der Waals surface area contributed by atoms with Crippen LogP contribution in [0.1, 0.15) is 46.2 Å². The molecule has 44 heavy (non-hydrogen) atoms. The third kappa shape index (κ3) is 4.29. The lowest BCUT2D eigenvalue weighted by Gasteiger charge is -2.34. The third-order valence-electron chi connectivity index (χ3n) is 9.47. The highest BCUT2D eigenvalue weighted by atomic mass is 14.5. The summed E-state index contributed by atoms with van der Waals surface area (Å²) in [6, 6.07) is 54.3. The van der Waals surface area contributed by atoms with Crippen LogP contribution in [0.4, 0.5) is 0 Å². The first-order chi connectivity index (χ1) is 21.7. The number of hydrogen-bond acceptors (Lipinski definition) is 0. The van der Waals surface area contributed by atoms with Gasteiger partial charge in [-0.1, -0.05) is 163 Å². The Morgan fingerprint density at radius 2 is 0.977 bits per heavy atom. The molecule has 0 saturated heterocycles. The van der Waals surface area contributed by atoms with E-state index < -0.39 is 5.41 Å². The molecule has 0 aliphatic heterocycles. The van der Waals surface area contributed by atoms with Gasteiger partial charge in [0.15, 0.2) is 0 Å². The fraction of sp³-hybridized carbons (Fsp3) is 0.0909. The van der Waals surface area contributed by atoms with E-state index >= 15 is 0 Å². The van der Waals surface area contributed by atoms with E-state index in [0.717, 1.165) is 12.8 Å². The van der Waals surface area contributed by atoms with Gasteiger partial charge in [-0.05, 0) is 92.6 Å². The van der Waals surface area contributed by atoms with Crippen LogP contribution in [-0.2, 0) is 5.41 Å². The number of rotatable bonds is 5. The Morgan fingerprint density at radius 1 is 0.455 bits per heavy atom. The lowest BCUT2D eigenvalue weighted by Crippen LogP contribution is -2.28. The standard InChI is InChI=1S/C44H34/c1-31-17-27-40-41-28-22-37(34-15-9-4-10-16-34)30-43(41)44(42(40)29-31,38-23-18-35(19-24-38)32-11-5-2-6-12-32)39-25-20-36(21-26-39)33-13-7-3-8-14-33/h2,4-7,9-30H,3,8H2,1H3. The van der Waals surface area contributed by atoms with Crippen molar-refractivity contribution >= 4 is 5.57 Å². The van der Waals surface area contributed by atoms with E-state index in [1.54, 1.807) is 0 Å². The maximum Gasteiger partial charge on any atom is 0.0713 e. The van der Waals surface area contributed by atoms with Crippen molar-refractivity contribution in [2.24, 2.45) is 0 Å². The predicted molar refractivity (Wildman–Crippen MR) is 186 cm³/mol. The van der Waals surface area contributed by atoms with Gasteiger partial charge in [0.1, 0.15) is 0 Å². The highest BCUT2D eigenvalue weighted by molar-refractivity contribution is 5.89. The molecule has 6 aromatic rings. The Bertz CT molecular complexity index is 2020. The molecule has 2 aliphatic rings. The molecular formula is C44H34. The summed E-state index contributed by atoms with van der Waals surface area (Å²) in [6.07, 6.45) is 9.15. The van der Waals surface area contributed by atoms with Gasteiger partial charge in [0, 0.05) is 0 Å². The summed E-state index contributed by atoms with van der Waals surface area (Å²) in [5.74, 6) is 0. The average molecular weight is 563 g/mol. The molecule has 2 aliphatic carbocycles. The Labute approximate surface area is 260 Å². The highest BCUT2D eigenvalue weighted by Gasteiger charge is 2.46. The van der Waals surface area contributed by atoms with Crippen LogP contribution in [0.25, 0.3) is 39.0 Å². The number of fused-ring (bicyclic) bond motifs is 3. The molecule has 210 valence electrons. The van der Waals surface area contributed by atoms with Crippen LogP contribution < -0.4 is 0 Å². The molecule has 0 fully saturated rings. The van der Waals surface area contributed by atoms with Crippen LogP contribution in [-0.4, -0.2) is 0 Å². The summed E-state index contributed by atoms with van der Waals surface area (Å²) in [5.41, 5.74) is 16.3. The van der Waals surface area contributed by atoms with Crippen molar-refractivity contribution in [1.29, 1.82) is 0 Å². The first kappa shape index (κ1) is 26.4. The van der Waals surface area contributed by atoms with Crippen LogP contribution in [0.3, 0.4) is 0 Å². The Hall–Kier alpha value is -5.20. The van der Waals surface area contributed by atoms with Crippen molar-refractivity contribution in [3.63, 3.8) is 0 Å². The minimum absolute atomic E-state index is 0.452. The largest absolute Gasteiger partial charge is 0.0836 e. The lowest BCUT2D eigenvalue weighted by molar-refractivity contribution is 0.768. The molecule has 0 heterocycles. The summed E-state index contributed by atoms with van der Waals surface area (Å²) in [4.78, 5) is 0. The summed E-state index contributed by atoms with van der Waals surface area (Å²) in [6.45, 7) is 2.22. The lowest BCUT2D eigenvalue weighted by atomic mass is 9.67. The van der Waals surface area contributed by atoms with Crippen molar-refractivity contribution in [3.8, 4) is 33.4 Å². The van der Waals surface area contributed by atoms with Crippen LogP contribution in [0.2, 0.25) is 0 Å². The van der Waals surface area contributed by atoms with E-state index in [-0.39, 0.29) is 0 Å². The van der Waals surface area contributed by atoms with Crippen LogP contribution in [0.5, 0.6) is 0 Å². The average Bonchev–Trinajstić information content (AvgIpc) is 3.39. The van der Waals surface area contributed by atoms with E-state index in [0.29, 0.717) is 0 Å². The Balaban J connectivity index is 1.40. The quantitative estimate of drug-likeness (QED) is 0.196. The van der Waals surface area contributed by atoms with Crippen molar-refractivity contribution < 1.29 is 0 Å². The monoisotopic (exact) mass is 562 g/mol. The maximum absolute atomic E-state index is 2.45. The smallest absolute Gasteiger partial charge is 0.0713 e. The van der Waals surface area contributed by atoms with Gasteiger partial charge >= 0.3 is 0 Å². The SMILES string of the molecule is Cc1ccc2c(c1)C(c1ccc(C3=CCCC=C3)cc1)(c1ccc(-c3ccccc3)cc1)c1cc(-c3ccccc3)ccc1-2. The van der Waals surface area contributed by atoms with E-state index in [4.69, 9.17) is 0 Å². The summed E-state index contributed by atoms with van der Waals surface area (Å²) in [5, 5.41) is 0. The zero-order valence-corrected chi connectivity index (χ0v) is 25.0. The second-order valence-electron chi connectivity index (χ2n) is 12.1. The van der Waals surface area contributed by atoms with Gasteiger partial charge in [-0.3, -0.25) is 0 Å². The molecule has 0 radical (unpaired) electrons. The van der Waals surface area contributed by atoms with Gasteiger partial charge in [-0.25, -0.2) is 0 Å². The first-order valence-electron chi connectivity index (χ1n) is 15.7. The molecule has 1 atom stereocenters. The second-order valence-corrected chi connectivity index (χ2v) is 12.1. The minimum atomic E-state index is -0.452. The molecule has 0 spiro atoms. The molecule has 0 N–H and O–H groups in total. The number of benzene rings is 6. The summed E-state index contributed by atoms with van der Waals surface area (Å²) in [7, 11) is 0. The summed E-state index contributed by atoms with van der Waals surface area (Å²) >= 11 is 0. The Kier molecular flexibility index (Phi) is 6.50. The predicted octanol–water partition coefficient (Wildman–Crippen LogP) is 11.4. The van der Waals surface area contributed by atoms with Gasteiger partial charge in [0.05, 0.1) is 5.41 Å². The van der Waals surface area contributed by atoms with Gasteiger partial charge < -0.3 is 0 Å².